The molecule has 1 aromatic heterocycles. The van der Waals surface area contributed by atoms with Gasteiger partial charge in [-0.05, 0) is 52.9 Å². The average Bonchev–Trinajstić information content (AvgIpc) is 2.67. The summed E-state index contributed by atoms with van der Waals surface area (Å²) in [6, 6.07) is 0. The van der Waals surface area contributed by atoms with Crippen LogP contribution < -0.4 is 4.57 Å². The average molecular weight is 208 g/mol. The van der Waals surface area contributed by atoms with Crippen molar-refractivity contribution in [2.45, 2.75) is 65.5 Å². The van der Waals surface area contributed by atoms with E-state index < -0.39 is 0 Å². The molecular formula is C13H24N2. The topological polar surface area (TPSA) is 8.81 Å². The van der Waals surface area contributed by atoms with E-state index in [9.17, 15) is 0 Å². The van der Waals surface area contributed by atoms with Gasteiger partial charge >= 0.3 is 0 Å². The van der Waals surface area contributed by atoms with E-state index in [0.29, 0.717) is 0 Å². The van der Waals surface area contributed by atoms with Gasteiger partial charge in [0, 0.05) is 0 Å². The van der Waals surface area contributed by atoms with Crippen molar-refractivity contribution in [1.82, 2.24) is 4.57 Å². The molecule has 0 spiro atoms. The molecule has 0 saturated heterocycles. The van der Waals surface area contributed by atoms with Gasteiger partial charge in [-0.25, -0.2) is 0 Å². The van der Waals surface area contributed by atoms with E-state index in [0.717, 1.165) is 12.8 Å². The molecule has 2 heteroatoms. The Bertz CT molecular complexity index is 291. The Morgan fingerprint density at radius 2 is 1.73 bits per heavy atom. The Morgan fingerprint density at radius 3 is 2.20 bits per heavy atom. The molecule has 1 rings (SSSR count). The molecule has 0 radical (unpaired) electrons. The highest BCUT2D eigenvalue weighted by Gasteiger charge is 2.23. The maximum Gasteiger partial charge on any atom is 0.204 e. The first kappa shape index (κ1) is 12.3. The molecule has 15 heavy (non-hydrogen) atoms. The van der Waals surface area contributed by atoms with Crippen LogP contribution in [-0.4, -0.2) is 4.57 Å². The smallest absolute Gasteiger partial charge is 0.204 e. The molecule has 0 bridgehead atoms. The third kappa shape index (κ3) is 2.42. The molecule has 1 heterocycles. The van der Waals surface area contributed by atoms with E-state index in [2.05, 4.69) is 69.4 Å². The first-order valence-electron chi connectivity index (χ1n) is 5.87. The summed E-state index contributed by atoms with van der Waals surface area (Å²) in [6.45, 7) is 13.4. The maximum atomic E-state index is 3.43. The fraction of sp³-hybridized carbons (Fsp3) is 0.769. The molecule has 0 saturated carbocycles. The van der Waals surface area contributed by atoms with E-state index in [1.165, 1.54) is 0 Å². The Labute approximate surface area is 93.9 Å². The van der Waals surface area contributed by atoms with Gasteiger partial charge in [-0.1, -0.05) is 13.8 Å². The molecule has 0 fully saturated rings. The predicted octanol–water partition coefficient (Wildman–Crippen LogP) is 2.87. The molecule has 86 valence electrons. The lowest BCUT2D eigenvalue weighted by atomic mass is 10.0. The molecule has 1 aromatic rings. The molecule has 0 aliphatic carbocycles. The van der Waals surface area contributed by atoms with E-state index in [-0.39, 0.29) is 11.1 Å². The molecule has 0 atom stereocenters. The Hall–Kier alpha value is -0.790. The first-order chi connectivity index (χ1) is 6.83. The number of hydrogen-bond donors (Lipinski definition) is 0. The SMILES string of the molecule is CCC(C)(C)n1[c-][n+](C(C)(C)CC)cc1. The number of imidazole rings is 1. The van der Waals surface area contributed by atoms with Crippen molar-refractivity contribution < 1.29 is 4.57 Å². The van der Waals surface area contributed by atoms with E-state index >= 15 is 0 Å². The lowest BCUT2D eigenvalue weighted by Crippen LogP contribution is -2.51. The van der Waals surface area contributed by atoms with Gasteiger partial charge in [-0.3, -0.25) is 0 Å². The number of nitrogens with zero attached hydrogens (tertiary/aromatic N) is 2. The summed E-state index contributed by atoms with van der Waals surface area (Å²) in [4.78, 5) is 0. The maximum absolute atomic E-state index is 3.43. The van der Waals surface area contributed by atoms with Gasteiger partial charge in [0.15, 0.2) is 0 Å². The van der Waals surface area contributed by atoms with Gasteiger partial charge in [0.05, 0.1) is 11.1 Å². The second-order valence-corrected chi connectivity index (χ2v) is 5.47. The van der Waals surface area contributed by atoms with E-state index in [4.69, 9.17) is 0 Å². The molecule has 0 aliphatic rings. The van der Waals surface area contributed by atoms with E-state index in [1.807, 2.05) is 0 Å². The van der Waals surface area contributed by atoms with Crippen LogP contribution in [0, 0.1) is 6.33 Å². The summed E-state index contributed by atoms with van der Waals surface area (Å²) in [6.07, 6.45) is 9.91. The van der Waals surface area contributed by atoms with Gasteiger partial charge in [-0.15, -0.1) is 0 Å². The van der Waals surface area contributed by atoms with Crippen molar-refractivity contribution in [3.8, 4) is 0 Å². The zero-order chi connectivity index (χ0) is 11.7. The summed E-state index contributed by atoms with van der Waals surface area (Å²) >= 11 is 0. The monoisotopic (exact) mass is 208 g/mol. The largest absolute Gasteiger partial charge is 0.347 e. The van der Waals surface area contributed by atoms with Gasteiger partial charge in [0.1, 0.15) is 0 Å². The highest BCUT2D eigenvalue weighted by atomic mass is 15.2. The van der Waals surface area contributed by atoms with Crippen LogP contribution in [0.4, 0.5) is 0 Å². The summed E-state index contributed by atoms with van der Waals surface area (Å²) < 4.78 is 4.37. The van der Waals surface area contributed by atoms with Crippen LogP contribution in [0.25, 0.3) is 0 Å². The molecule has 2 nitrogen and oxygen atoms in total. The molecule has 0 N–H and O–H groups in total. The highest BCUT2D eigenvalue weighted by molar-refractivity contribution is 4.81. The third-order valence-corrected chi connectivity index (χ3v) is 3.62. The van der Waals surface area contributed by atoms with Crippen molar-refractivity contribution in [3.05, 3.63) is 18.7 Å². The summed E-state index contributed by atoms with van der Waals surface area (Å²) in [7, 11) is 0. The minimum absolute atomic E-state index is 0.162. The first-order valence-corrected chi connectivity index (χ1v) is 5.87. The third-order valence-electron chi connectivity index (χ3n) is 3.62. The fourth-order valence-electron chi connectivity index (χ4n) is 1.33. The Kier molecular flexibility index (Phi) is 3.27. The van der Waals surface area contributed by atoms with E-state index in [1.54, 1.807) is 0 Å². The van der Waals surface area contributed by atoms with Gasteiger partial charge in [-0.2, -0.15) is 0 Å². The quantitative estimate of drug-likeness (QED) is 0.531. The zero-order valence-corrected chi connectivity index (χ0v) is 11.0. The number of rotatable bonds is 4. The summed E-state index contributed by atoms with van der Waals surface area (Å²) in [5.41, 5.74) is 0.324. The minimum Gasteiger partial charge on any atom is -0.347 e. The van der Waals surface area contributed by atoms with Crippen LogP contribution in [0.15, 0.2) is 12.4 Å². The second-order valence-electron chi connectivity index (χ2n) is 5.47. The van der Waals surface area contributed by atoms with Crippen molar-refractivity contribution >= 4 is 0 Å². The molecule has 0 aromatic carbocycles. The van der Waals surface area contributed by atoms with Crippen LogP contribution >= 0.6 is 0 Å². The van der Waals surface area contributed by atoms with Crippen LogP contribution in [0.1, 0.15) is 54.4 Å². The van der Waals surface area contributed by atoms with Crippen LogP contribution in [0.5, 0.6) is 0 Å². The van der Waals surface area contributed by atoms with Crippen molar-refractivity contribution in [2.75, 3.05) is 0 Å². The molecule has 0 unspecified atom stereocenters. The van der Waals surface area contributed by atoms with Crippen LogP contribution in [0.3, 0.4) is 0 Å². The fourth-order valence-corrected chi connectivity index (χ4v) is 1.33. The van der Waals surface area contributed by atoms with Crippen LogP contribution in [-0.2, 0) is 11.1 Å². The zero-order valence-electron chi connectivity index (χ0n) is 11.0. The van der Waals surface area contributed by atoms with Crippen LogP contribution in [0.2, 0.25) is 0 Å². The lowest BCUT2D eigenvalue weighted by Gasteiger charge is -2.25. The molecular weight excluding hydrogens is 184 g/mol. The van der Waals surface area contributed by atoms with Gasteiger partial charge in [0.2, 0.25) is 6.33 Å². The predicted molar refractivity (Wildman–Crippen MR) is 62.7 cm³/mol. The van der Waals surface area contributed by atoms with Crippen molar-refractivity contribution in [2.24, 2.45) is 0 Å². The standard InChI is InChI=1S/C13H24N2/c1-7-12(3,4)14-9-10-15(11-14)13(5,6)8-2/h9-10H,7-8H2,1-6H3. The lowest BCUT2D eigenvalue weighted by molar-refractivity contribution is -0.761. The highest BCUT2D eigenvalue weighted by Crippen LogP contribution is 2.19. The number of aromatic nitrogens is 2. The Morgan fingerprint density at radius 1 is 1.13 bits per heavy atom. The normalized spacial score (nSPS) is 13.2. The Balaban J connectivity index is 3.00. The second kappa shape index (κ2) is 3.99. The summed E-state index contributed by atoms with van der Waals surface area (Å²) in [5.74, 6) is 0. The van der Waals surface area contributed by atoms with Crippen molar-refractivity contribution in [3.63, 3.8) is 0 Å². The van der Waals surface area contributed by atoms with Gasteiger partial charge < -0.3 is 9.13 Å². The number of hydrogen-bond acceptors (Lipinski definition) is 0. The molecule has 0 amide bonds. The van der Waals surface area contributed by atoms with Gasteiger partial charge in [0.25, 0.3) is 0 Å². The summed E-state index contributed by atoms with van der Waals surface area (Å²) in [5, 5.41) is 0. The molecule has 0 aliphatic heterocycles. The van der Waals surface area contributed by atoms with Crippen molar-refractivity contribution in [1.29, 1.82) is 0 Å². The minimum atomic E-state index is 0.162.